The molecule has 0 radical (unpaired) electrons. The smallest absolute Gasteiger partial charge is 0.260 e. The summed E-state index contributed by atoms with van der Waals surface area (Å²) >= 11 is 0. The van der Waals surface area contributed by atoms with Gasteiger partial charge < -0.3 is 10.0 Å². The van der Waals surface area contributed by atoms with E-state index in [1.54, 1.807) is 12.1 Å². The van der Waals surface area contributed by atoms with Crippen LogP contribution in [0.1, 0.15) is 26.2 Å². The highest BCUT2D eigenvalue weighted by Crippen LogP contribution is 2.23. The molecule has 1 fully saturated rings. The van der Waals surface area contributed by atoms with Crippen LogP contribution in [0.15, 0.2) is 34.9 Å². The first-order valence-electron chi connectivity index (χ1n) is 8.02. The maximum atomic E-state index is 12.8. The highest BCUT2D eigenvalue weighted by atomic mass is 32.2. The summed E-state index contributed by atoms with van der Waals surface area (Å²) in [5.41, 5.74) is 1.07. The Morgan fingerprint density at radius 1 is 1.22 bits per heavy atom. The molecule has 1 aromatic rings. The summed E-state index contributed by atoms with van der Waals surface area (Å²) in [6.07, 6.45) is 3.94. The number of sulfonamides is 1. The number of aliphatic hydroxyl groups excluding tert-OH is 1. The molecule has 0 amide bonds. The van der Waals surface area contributed by atoms with Crippen molar-refractivity contribution in [3.63, 3.8) is 0 Å². The van der Waals surface area contributed by atoms with E-state index in [4.69, 9.17) is 0 Å². The molecule has 0 saturated carbocycles. The van der Waals surface area contributed by atoms with E-state index >= 15 is 0 Å². The molecule has 7 heteroatoms. The first-order valence-corrected chi connectivity index (χ1v) is 9.47. The molecule has 1 aromatic heterocycles. The normalized spacial score (nSPS) is 21.3. The van der Waals surface area contributed by atoms with Crippen molar-refractivity contribution in [3.05, 3.63) is 29.8 Å². The number of piperidine rings is 1. The molecule has 3 rings (SSSR count). The number of aromatic nitrogens is 1. The number of anilines is 1. The maximum Gasteiger partial charge on any atom is 0.260 e. The lowest BCUT2D eigenvalue weighted by Crippen LogP contribution is -2.38. The van der Waals surface area contributed by atoms with E-state index in [1.165, 1.54) is 4.31 Å². The Kier molecular flexibility index (Phi) is 4.70. The van der Waals surface area contributed by atoms with E-state index in [0.717, 1.165) is 12.0 Å². The minimum absolute atomic E-state index is 0.107. The predicted octanol–water partition coefficient (Wildman–Crippen LogP) is 1.38. The number of aliphatic hydroxyl groups is 1. The lowest BCUT2D eigenvalue weighted by molar-refractivity contribution is 0.145. The van der Waals surface area contributed by atoms with Crippen LogP contribution < -0.4 is 4.90 Å². The summed E-state index contributed by atoms with van der Waals surface area (Å²) in [5.74, 6) is 0.669. The number of nitrogens with zero attached hydrogens (tertiary/aromatic N) is 3. The number of rotatable bonds is 3. The van der Waals surface area contributed by atoms with Crippen molar-refractivity contribution < 1.29 is 13.5 Å². The molecular formula is C16H23N3O3S. The first-order chi connectivity index (χ1) is 11.0. The minimum Gasteiger partial charge on any atom is -0.393 e. The Morgan fingerprint density at radius 3 is 2.65 bits per heavy atom. The molecule has 0 atom stereocenters. The third kappa shape index (κ3) is 3.57. The molecule has 0 unspecified atom stereocenters. The van der Waals surface area contributed by atoms with Crippen molar-refractivity contribution in [2.45, 2.75) is 37.3 Å². The number of hydrogen-bond acceptors (Lipinski definition) is 5. The Labute approximate surface area is 137 Å². The zero-order valence-electron chi connectivity index (χ0n) is 13.4. The van der Waals surface area contributed by atoms with Crippen LogP contribution in [0.3, 0.4) is 0 Å². The molecule has 2 aliphatic heterocycles. The molecule has 0 aliphatic carbocycles. The zero-order valence-corrected chi connectivity index (χ0v) is 14.2. The van der Waals surface area contributed by atoms with Gasteiger partial charge in [-0.3, -0.25) is 0 Å². The van der Waals surface area contributed by atoms with Crippen LogP contribution in [0, 0.1) is 0 Å². The van der Waals surface area contributed by atoms with Crippen LogP contribution in [0.5, 0.6) is 0 Å². The van der Waals surface area contributed by atoms with Crippen molar-refractivity contribution in [1.29, 1.82) is 0 Å². The SMILES string of the molecule is CC1=CCCN(S(=O)(=O)c2cccc(N3CCC(O)CC3)n2)C1. The summed E-state index contributed by atoms with van der Waals surface area (Å²) in [6, 6.07) is 5.14. The fourth-order valence-electron chi connectivity index (χ4n) is 3.03. The number of hydrogen-bond donors (Lipinski definition) is 1. The van der Waals surface area contributed by atoms with Gasteiger partial charge in [0.15, 0.2) is 5.03 Å². The van der Waals surface area contributed by atoms with Gasteiger partial charge in [0.1, 0.15) is 5.82 Å². The predicted molar refractivity (Wildman–Crippen MR) is 88.8 cm³/mol. The molecule has 23 heavy (non-hydrogen) atoms. The molecule has 0 spiro atoms. The second-order valence-corrected chi connectivity index (χ2v) is 8.11. The van der Waals surface area contributed by atoms with Gasteiger partial charge in [0, 0.05) is 26.2 Å². The van der Waals surface area contributed by atoms with Crippen LogP contribution in [0.25, 0.3) is 0 Å². The Bertz CT molecular complexity index is 694. The van der Waals surface area contributed by atoms with Gasteiger partial charge in [0.2, 0.25) is 0 Å². The van der Waals surface area contributed by atoms with E-state index in [-0.39, 0.29) is 11.1 Å². The molecule has 1 saturated heterocycles. The molecule has 2 aliphatic rings. The summed E-state index contributed by atoms with van der Waals surface area (Å²) in [6.45, 7) is 4.28. The highest BCUT2D eigenvalue weighted by Gasteiger charge is 2.28. The quantitative estimate of drug-likeness (QED) is 0.844. The number of pyridine rings is 1. The molecule has 0 bridgehead atoms. The van der Waals surface area contributed by atoms with Gasteiger partial charge in [-0.25, -0.2) is 13.4 Å². The van der Waals surface area contributed by atoms with Crippen LogP contribution in [0.4, 0.5) is 5.82 Å². The summed E-state index contributed by atoms with van der Waals surface area (Å²) in [5, 5.41) is 9.71. The van der Waals surface area contributed by atoms with Crippen LogP contribution in [-0.2, 0) is 10.0 Å². The molecule has 126 valence electrons. The lowest BCUT2D eigenvalue weighted by atomic mass is 10.1. The van der Waals surface area contributed by atoms with Gasteiger partial charge in [-0.1, -0.05) is 17.7 Å². The third-order valence-corrected chi connectivity index (χ3v) is 6.15. The van der Waals surface area contributed by atoms with Crippen molar-refractivity contribution in [2.24, 2.45) is 0 Å². The van der Waals surface area contributed by atoms with Crippen molar-refractivity contribution in [2.75, 3.05) is 31.1 Å². The van der Waals surface area contributed by atoms with E-state index in [0.29, 0.717) is 44.8 Å². The van der Waals surface area contributed by atoms with Gasteiger partial charge in [0.25, 0.3) is 10.0 Å². The van der Waals surface area contributed by atoms with E-state index in [2.05, 4.69) is 11.1 Å². The average Bonchev–Trinajstić information content (AvgIpc) is 2.56. The summed E-state index contributed by atoms with van der Waals surface area (Å²) in [7, 11) is -3.56. The van der Waals surface area contributed by atoms with Crippen LogP contribution in [-0.4, -0.2) is 55.1 Å². The zero-order chi connectivity index (χ0) is 16.4. The van der Waals surface area contributed by atoms with Crippen LogP contribution in [0.2, 0.25) is 0 Å². The van der Waals surface area contributed by atoms with E-state index < -0.39 is 10.0 Å². The van der Waals surface area contributed by atoms with Gasteiger partial charge in [-0.15, -0.1) is 0 Å². The fourth-order valence-corrected chi connectivity index (χ4v) is 4.48. The van der Waals surface area contributed by atoms with Gasteiger partial charge >= 0.3 is 0 Å². The van der Waals surface area contributed by atoms with Crippen molar-refractivity contribution in [3.8, 4) is 0 Å². The lowest BCUT2D eigenvalue weighted by Gasteiger charge is -2.31. The van der Waals surface area contributed by atoms with Gasteiger partial charge in [-0.05, 0) is 38.3 Å². The third-order valence-electron chi connectivity index (χ3n) is 4.40. The topological polar surface area (TPSA) is 73.7 Å². The first kappa shape index (κ1) is 16.4. The Morgan fingerprint density at radius 2 is 1.96 bits per heavy atom. The molecule has 0 aromatic carbocycles. The molecule has 3 heterocycles. The highest BCUT2D eigenvalue weighted by molar-refractivity contribution is 7.89. The largest absolute Gasteiger partial charge is 0.393 e. The molecular weight excluding hydrogens is 314 g/mol. The monoisotopic (exact) mass is 337 g/mol. The molecule has 6 nitrogen and oxygen atoms in total. The van der Waals surface area contributed by atoms with Crippen LogP contribution >= 0.6 is 0 Å². The average molecular weight is 337 g/mol. The van der Waals surface area contributed by atoms with Gasteiger partial charge in [0.05, 0.1) is 6.10 Å². The summed E-state index contributed by atoms with van der Waals surface area (Å²) in [4.78, 5) is 6.42. The van der Waals surface area contributed by atoms with Crippen molar-refractivity contribution in [1.82, 2.24) is 9.29 Å². The van der Waals surface area contributed by atoms with Gasteiger partial charge in [-0.2, -0.15) is 4.31 Å². The summed E-state index contributed by atoms with van der Waals surface area (Å²) < 4.78 is 27.1. The molecule has 1 N–H and O–H groups in total. The standard InChI is InChI=1S/C16H23N3O3S/c1-13-4-3-9-19(12-13)23(21,22)16-6-2-5-15(17-16)18-10-7-14(20)8-11-18/h2,4-6,14,20H,3,7-12H2,1H3. The van der Waals surface area contributed by atoms with Crippen molar-refractivity contribution >= 4 is 15.8 Å². The fraction of sp³-hybridized carbons (Fsp3) is 0.562. The van der Waals surface area contributed by atoms with E-state index in [9.17, 15) is 13.5 Å². The Hall–Kier alpha value is -1.44. The Balaban J connectivity index is 1.83. The van der Waals surface area contributed by atoms with E-state index in [1.807, 2.05) is 17.9 Å². The minimum atomic E-state index is -3.56. The second-order valence-electron chi connectivity index (χ2n) is 6.23. The maximum absolute atomic E-state index is 12.8. The second kappa shape index (κ2) is 6.59.